The van der Waals surface area contributed by atoms with Gasteiger partial charge in [0.05, 0.1) is 10.5 Å². The molecular formula is C10H13ClN2O3S. The van der Waals surface area contributed by atoms with Gasteiger partial charge >= 0.3 is 0 Å². The highest BCUT2D eigenvalue weighted by Gasteiger charge is 2.38. The molecule has 0 spiro atoms. The Morgan fingerprint density at radius 2 is 2.29 bits per heavy atom. The van der Waals surface area contributed by atoms with Crippen LogP contribution in [0.2, 0.25) is 5.15 Å². The van der Waals surface area contributed by atoms with Crippen LogP contribution in [-0.2, 0) is 10.0 Å². The largest absolute Gasteiger partial charge is 0.389 e. The fourth-order valence-corrected chi connectivity index (χ4v) is 3.61. The van der Waals surface area contributed by atoms with Crippen molar-refractivity contribution in [1.29, 1.82) is 0 Å². The predicted octanol–water partition coefficient (Wildman–Crippen LogP) is 0.880. The Balaban J connectivity index is 2.32. The maximum atomic E-state index is 12.2. The maximum Gasteiger partial charge on any atom is 0.243 e. The number of aromatic nitrogens is 1. The third kappa shape index (κ3) is 2.60. The second-order valence-electron chi connectivity index (χ2n) is 4.40. The minimum Gasteiger partial charge on any atom is -0.389 e. The number of sulfonamides is 1. The number of hydrogen-bond acceptors (Lipinski definition) is 4. The molecule has 0 bridgehead atoms. The van der Waals surface area contributed by atoms with Crippen LogP contribution in [0.1, 0.15) is 13.3 Å². The van der Waals surface area contributed by atoms with E-state index in [0.717, 1.165) is 0 Å². The van der Waals surface area contributed by atoms with Crippen molar-refractivity contribution in [2.45, 2.75) is 23.8 Å². The van der Waals surface area contributed by atoms with Gasteiger partial charge in [-0.15, -0.1) is 0 Å². The summed E-state index contributed by atoms with van der Waals surface area (Å²) in [5, 5.41) is 9.92. The lowest BCUT2D eigenvalue weighted by atomic mass is 10.1. The third-order valence-electron chi connectivity index (χ3n) is 2.75. The molecule has 1 atom stereocenters. The van der Waals surface area contributed by atoms with E-state index in [0.29, 0.717) is 13.0 Å². The van der Waals surface area contributed by atoms with Crippen molar-refractivity contribution in [2.24, 2.45) is 0 Å². The van der Waals surface area contributed by atoms with Crippen LogP contribution >= 0.6 is 11.6 Å². The van der Waals surface area contributed by atoms with Crippen LogP contribution in [0.4, 0.5) is 0 Å². The van der Waals surface area contributed by atoms with Gasteiger partial charge in [0.15, 0.2) is 0 Å². The molecule has 1 aliphatic heterocycles. The van der Waals surface area contributed by atoms with Crippen LogP contribution in [0.5, 0.6) is 0 Å². The van der Waals surface area contributed by atoms with E-state index in [1.54, 1.807) is 6.92 Å². The predicted molar refractivity (Wildman–Crippen MR) is 63.2 cm³/mol. The molecule has 7 heteroatoms. The van der Waals surface area contributed by atoms with Crippen molar-refractivity contribution < 1.29 is 13.5 Å². The second-order valence-corrected chi connectivity index (χ2v) is 6.72. The summed E-state index contributed by atoms with van der Waals surface area (Å²) in [6, 6.07) is 2.71. The zero-order valence-electron chi connectivity index (χ0n) is 9.30. The van der Waals surface area contributed by atoms with Crippen molar-refractivity contribution in [3.8, 4) is 0 Å². The topological polar surface area (TPSA) is 70.5 Å². The van der Waals surface area contributed by atoms with E-state index >= 15 is 0 Å². The molecule has 1 unspecified atom stereocenters. The summed E-state index contributed by atoms with van der Waals surface area (Å²) in [6.07, 6.45) is 1.79. The lowest BCUT2D eigenvalue weighted by Crippen LogP contribution is -2.33. The molecule has 0 aliphatic carbocycles. The van der Waals surface area contributed by atoms with Crippen LogP contribution < -0.4 is 0 Å². The highest BCUT2D eigenvalue weighted by atomic mass is 35.5. The Labute approximate surface area is 105 Å². The molecule has 1 fully saturated rings. The molecule has 2 heterocycles. The lowest BCUT2D eigenvalue weighted by Gasteiger charge is -2.18. The van der Waals surface area contributed by atoms with Crippen LogP contribution in [0.15, 0.2) is 23.2 Å². The monoisotopic (exact) mass is 276 g/mol. The number of β-amino-alcohol motifs (C(OH)–C–C–N with tert-alkyl or cyclic N) is 1. The van der Waals surface area contributed by atoms with Gasteiger partial charge in [0.25, 0.3) is 0 Å². The Hall–Kier alpha value is -0.690. The molecule has 0 saturated carbocycles. The van der Waals surface area contributed by atoms with Crippen molar-refractivity contribution in [2.75, 3.05) is 13.1 Å². The van der Waals surface area contributed by atoms with Crippen LogP contribution in [0.3, 0.4) is 0 Å². The zero-order chi connectivity index (χ0) is 12.7. The summed E-state index contributed by atoms with van der Waals surface area (Å²) in [4.78, 5) is 3.85. The second kappa shape index (κ2) is 4.20. The maximum absolute atomic E-state index is 12.2. The molecular weight excluding hydrogens is 264 g/mol. The Morgan fingerprint density at radius 1 is 1.59 bits per heavy atom. The number of pyridine rings is 1. The van der Waals surface area contributed by atoms with Crippen molar-refractivity contribution in [3.05, 3.63) is 23.5 Å². The van der Waals surface area contributed by atoms with Gasteiger partial charge in [-0.2, -0.15) is 4.31 Å². The number of rotatable bonds is 2. The van der Waals surface area contributed by atoms with Gasteiger partial charge < -0.3 is 5.11 Å². The minimum atomic E-state index is -3.58. The first-order valence-electron chi connectivity index (χ1n) is 5.15. The fraction of sp³-hybridized carbons (Fsp3) is 0.500. The Morgan fingerprint density at radius 3 is 2.82 bits per heavy atom. The first-order valence-corrected chi connectivity index (χ1v) is 6.97. The number of aliphatic hydroxyl groups is 1. The van der Waals surface area contributed by atoms with E-state index in [1.807, 2.05) is 0 Å². The lowest BCUT2D eigenvalue weighted by molar-refractivity contribution is 0.0762. The van der Waals surface area contributed by atoms with Gasteiger partial charge in [0, 0.05) is 19.3 Å². The van der Waals surface area contributed by atoms with E-state index in [-0.39, 0.29) is 16.6 Å². The van der Waals surface area contributed by atoms with E-state index < -0.39 is 15.6 Å². The smallest absolute Gasteiger partial charge is 0.243 e. The summed E-state index contributed by atoms with van der Waals surface area (Å²) in [5.74, 6) is 0. The average Bonchev–Trinajstić information content (AvgIpc) is 2.59. The number of halogens is 1. The normalized spacial score (nSPS) is 26.3. The molecule has 1 aromatic heterocycles. The molecule has 1 aromatic rings. The molecule has 5 nitrogen and oxygen atoms in total. The molecule has 1 N–H and O–H groups in total. The standard InChI is InChI=1S/C10H13ClN2O3S/c1-10(14)3-5-13(7-10)17(15,16)8-2-4-12-9(11)6-8/h2,4,6,14H,3,5,7H2,1H3. The molecule has 1 aliphatic rings. The third-order valence-corrected chi connectivity index (χ3v) is 4.80. The minimum absolute atomic E-state index is 0.106. The average molecular weight is 277 g/mol. The van der Waals surface area contributed by atoms with Gasteiger partial charge in [-0.25, -0.2) is 13.4 Å². The summed E-state index contributed by atoms with van der Waals surface area (Å²) in [5.41, 5.74) is -0.954. The Kier molecular flexibility index (Phi) is 3.15. The van der Waals surface area contributed by atoms with E-state index in [4.69, 9.17) is 11.6 Å². The van der Waals surface area contributed by atoms with Gasteiger partial charge in [0.2, 0.25) is 10.0 Å². The number of hydrogen-bond donors (Lipinski definition) is 1. The van der Waals surface area contributed by atoms with Crippen molar-refractivity contribution >= 4 is 21.6 Å². The van der Waals surface area contributed by atoms with Crippen molar-refractivity contribution in [3.63, 3.8) is 0 Å². The van der Waals surface area contributed by atoms with Gasteiger partial charge in [-0.3, -0.25) is 0 Å². The van der Waals surface area contributed by atoms with Crippen LogP contribution in [0.25, 0.3) is 0 Å². The number of nitrogens with zero attached hydrogens (tertiary/aromatic N) is 2. The van der Waals surface area contributed by atoms with E-state index in [9.17, 15) is 13.5 Å². The van der Waals surface area contributed by atoms with Gasteiger partial charge in [0.1, 0.15) is 5.15 Å². The molecule has 94 valence electrons. The van der Waals surface area contributed by atoms with E-state index in [1.165, 1.54) is 22.6 Å². The highest BCUT2D eigenvalue weighted by Crippen LogP contribution is 2.27. The summed E-state index contributed by atoms with van der Waals surface area (Å²) in [6.45, 7) is 2.05. The molecule has 0 amide bonds. The fourth-order valence-electron chi connectivity index (χ4n) is 1.80. The van der Waals surface area contributed by atoms with Crippen LogP contribution in [-0.4, -0.2) is 41.5 Å². The molecule has 2 rings (SSSR count). The quantitative estimate of drug-likeness (QED) is 0.814. The van der Waals surface area contributed by atoms with Gasteiger partial charge in [-0.05, 0) is 25.5 Å². The first-order chi connectivity index (χ1) is 7.81. The Bertz CT molecular complexity index is 530. The first kappa shape index (κ1) is 12.8. The molecule has 17 heavy (non-hydrogen) atoms. The van der Waals surface area contributed by atoms with Gasteiger partial charge in [-0.1, -0.05) is 11.6 Å². The summed E-state index contributed by atoms with van der Waals surface area (Å²) >= 11 is 5.67. The highest BCUT2D eigenvalue weighted by molar-refractivity contribution is 7.89. The summed E-state index contributed by atoms with van der Waals surface area (Å²) in [7, 11) is -3.58. The molecule has 0 radical (unpaired) electrons. The molecule has 0 aromatic carbocycles. The van der Waals surface area contributed by atoms with Crippen molar-refractivity contribution in [1.82, 2.24) is 9.29 Å². The van der Waals surface area contributed by atoms with E-state index in [2.05, 4.69) is 4.98 Å². The summed E-state index contributed by atoms with van der Waals surface area (Å²) < 4.78 is 25.7. The molecule has 1 saturated heterocycles. The van der Waals surface area contributed by atoms with Crippen LogP contribution in [0, 0.1) is 0 Å². The SMILES string of the molecule is CC1(O)CCN(S(=O)(=O)c2ccnc(Cl)c2)C1. The zero-order valence-corrected chi connectivity index (χ0v) is 10.9.